The average molecular weight is 387 g/mol. The third kappa shape index (κ3) is 3.94. The van der Waals surface area contributed by atoms with E-state index in [1.807, 2.05) is 38.1 Å². The van der Waals surface area contributed by atoms with Gasteiger partial charge in [-0.1, -0.05) is 36.4 Å². The third-order valence-electron chi connectivity index (χ3n) is 5.70. The molecule has 4 rings (SSSR count). The number of benzene rings is 2. The summed E-state index contributed by atoms with van der Waals surface area (Å²) in [5.74, 6) is 0. The molecule has 2 heterocycles. The van der Waals surface area contributed by atoms with Crippen molar-refractivity contribution in [1.29, 1.82) is 0 Å². The molecule has 2 aromatic rings. The Morgan fingerprint density at radius 2 is 1.81 bits per heavy atom. The Labute approximate surface area is 161 Å². The number of morpholine rings is 1. The maximum absolute atomic E-state index is 12.8. The van der Waals surface area contributed by atoms with Crippen LogP contribution in [-0.2, 0) is 14.8 Å². The molecule has 0 bridgehead atoms. The molecule has 0 radical (unpaired) electrons. The van der Waals surface area contributed by atoms with Gasteiger partial charge in [-0.05, 0) is 49.1 Å². The third-order valence-corrected chi connectivity index (χ3v) is 7.22. The minimum Gasteiger partial charge on any atom is -0.371 e. The Bertz CT molecular complexity index is 914. The standard InChI is InChI=1S/C21H26N2O3S/c1-15-8-9-20(10-16(15)2)27(24,25)22-18-11-19-14-26-21(13-23(19)12-18)17-6-4-3-5-7-17/h3-10,18-19,21-22H,11-14H2,1-2H3/t18-,19+,21-/m1/s1. The summed E-state index contributed by atoms with van der Waals surface area (Å²) in [7, 11) is -3.51. The fourth-order valence-corrected chi connectivity index (χ4v) is 5.32. The zero-order chi connectivity index (χ0) is 19.0. The van der Waals surface area contributed by atoms with Crippen molar-refractivity contribution >= 4 is 10.0 Å². The highest BCUT2D eigenvalue weighted by Crippen LogP contribution is 2.30. The normalized spacial score (nSPS) is 26.1. The van der Waals surface area contributed by atoms with E-state index in [1.165, 1.54) is 5.56 Å². The highest BCUT2D eigenvalue weighted by molar-refractivity contribution is 7.89. The first-order chi connectivity index (χ1) is 12.9. The van der Waals surface area contributed by atoms with E-state index in [1.54, 1.807) is 12.1 Å². The van der Waals surface area contributed by atoms with Crippen LogP contribution in [0, 0.1) is 13.8 Å². The predicted molar refractivity (Wildman–Crippen MR) is 105 cm³/mol. The van der Waals surface area contributed by atoms with Crippen molar-refractivity contribution < 1.29 is 13.2 Å². The van der Waals surface area contributed by atoms with Gasteiger partial charge in [-0.15, -0.1) is 0 Å². The molecule has 27 heavy (non-hydrogen) atoms. The van der Waals surface area contributed by atoms with E-state index in [9.17, 15) is 8.42 Å². The van der Waals surface area contributed by atoms with E-state index in [2.05, 4.69) is 21.8 Å². The van der Waals surface area contributed by atoms with Gasteiger partial charge in [0.15, 0.2) is 0 Å². The molecule has 0 saturated carbocycles. The van der Waals surface area contributed by atoms with Crippen molar-refractivity contribution in [1.82, 2.24) is 9.62 Å². The van der Waals surface area contributed by atoms with Gasteiger partial charge in [0, 0.05) is 25.2 Å². The van der Waals surface area contributed by atoms with Gasteiger partial charge in [0.05, 0.1) is 17.6 Å². The van der Waals surface area contributed by atoms with Crippen LogP contribution in [0.3, 0.4) is 0 Å². The van der Waals surface area contributed by atoms with Gasteiger partial charge in [-0.3, -0.25) is 4.90 Å². The summed E-state index contributed by atoms with van der Waals surface area (Å²) >= 11 is 0. The fourth-order valence-electron chi connectivity index (χ4n) is 4.00. The first-order valence-electron chi connectivity index (χ1n) is 9.42. The van der Waals surface area contributed by atoms with Gasteiger partial charge in [-0.2, -0.15) is 0 Å². The molecule has 0 spiro atoms. The first kappa shape index (κ1) is 18.6. The smallest absolute Gasteiger partial charge is 0.240 e. The van der Waals surface area contributed by atoms with Gasteiger partial charge in [0.1, 0.15) is 0 Å². The maximum atomic E-state index is 12.8. The molecular weight excluding hydrogens is 360 g/mol. The van der Waals surface area contributed by atoms with Crippen molar-refractivity contribution in [3.8, 4) is 0 Å². The lowest BCUT2D eigenvalue weighted by Gasteiger charge is -2.35. The van der Waals surface area contributed by atoms with Crippen LogP contribution < -0.4 is 4.72 Å². The highest BCUT2D eigenvalue weighted by atomic mass is 32.2. The second-order valence-electron chi connectivity index (χ2n) is 7.64. The molecule has 2 aromatic carbocycles. The SMILES string of the molecule is Cc1ccc(S(=O)(=O)N[C@@H]2C[C@H]3CO[C@@H](c4ccccc4)CN3C2)cc1C. The Morgan fingerprint density at radius 1 is 1.04 bits per heavy atom. The Morgan fingerprint density at radius 3 is 2.56 bits per heavy atom. The van der Waals surface area contributed by atoms with Crippen molar-refractivity contribution in [3.63, 3.8) is 0 Å². The summed E-state index contributed by atoms with van der Waals surface area (Å²) in [6.07, 6.45) is 0.837. The molecule has 0 aromatic heterocycles. The van der Waals surface area contributed by atoms with Crippen LogP contribution in [-0.4, -0.2) is 45.1 Å². The van der Waals surface area contributed by atoms with Crippen LogP contribution in [0.2, 0.25) is 0 Å². The van der Waals surface area contributed by atoms with Crippen LogP contribution in [0.4, 0.5) is 0 Å². The fraction of sp³-hybridized carbons (Fsp3) is 0.429. The molecule has 144 valence electrons. The average Bonchev–Trinajstić information content (AvgIpc) is 3.05. The van der Waals surface area contributed by atoms with Crippen LogP contribution in [0.25, 0.3) is 0 Å². The molecule has 2 fully saturated rings. The molecule has 2 aliphatic heterocycles. The molecule has 0 aliphatic carbocycles. The molecule has 0 unspecified atom stereocenters. The number of aryl methyl sites for hydroxylation is 2. The van der Waals surface area contributed by atoms with Crippen molar-refractivity contribution in [2.24, 2.45) is 0 Å². The number of rotatable bonds is 4. The molecule has 2 aliphatic rings. The Kier molecular flexibility index (Phi) is 5.07. The Hall–Kier alpha value is -1.73. The summed E-state index contributed by atoms with van der Waals surface area (Å²) in [6.45, 7) is 6.09. The van der Waals surface area contributed by atoms with Crippen LogP contribution >= 0.6 is 0 Å². The summed E-state index contributed by atoms with van der Waals surface area (Å²) in [5, 5.41) is 0. The predicted octanol–water partition coefficient (Wildman–Crippen LogP) is 2.80. The minimum absolute atomic E-state index is 0.0533. The van der Waals surface area contributed by atoms with Crippen LogP contribution in [0.5, 0.6) is 0 Å². The molecule has 3 atom stereocenters. The van der Waals surface area contributed by atoms with E-state index in [-0.39, 0.29) is 18.2 Å². The van der Waals surface area contributed by atoms with Gasteiger partial charge in [0.25, 0.3) is 0 Å². The lowest BCUT2D eigenvalue weighted by atomic mass is 10.1. The number of nitrogens with zero attached hydrogens (tertiary/aromatic N) is 1. The molecule has 5 nitrogen and oxygen atoms in total. The van der Waals surface area contributed by atoms with E-state index in [0.717, 1.165) is 30.6 Å². The van der Waals surface area contributed by atoms with Crippen molar-refractivity contribution in [2.45, 2.75) is 43.4 Å². The largest absolute Gasteiger partial charge is 0.371 e. The number of hydrogen-bond donors (Lipinski definition) is 1. The van der Waals surface area contributed by atoms with Gasteiger partial charge < -0.3 is 4.74 Å². The van der Waals surface area contributed by atoms with E-state index in [0.29, 0.717) is 11.5 Å². The van der Waals surface area contributed by atoms with Crippen molar-refractivity contribution in [2.75, 3.05) is 19.7 Å². The lowest BCUT2D eigenvalue weighted by molar-refractivity contribution is -0.0502. The highest BCUT2D eigenvalue weighted by Gasteiger charge is 2.39. The second kappa shape index (κ2) is 7.36. The molecule has 6 heteroatoms. The zero-order valence-corrected chi connectivity index (χ0v) is 16.6. The molecule has 2 saturated heterocycles. The second-order valence-corrected chi connectivity index (χ2v) is 9.35. The van der Waals surface area contributed by atoms with Gasteiger partial charge in [-0.25, -0.2) is 13.1 Å². The number of ether oxygens (including phenoxy) is 1. The van der Waals surface area contributed by atoms with Crippen LogP contribution in [0.15, 0.2) is 53.4 Å². The number of nitrogens with one attached hydrogen (secondary N) is 1. The number of fused-ring (bicyclic) bond motifs is 1. The summed E-state index contributed by atoms with van der Waals surface area (Å²) in [6, 6.07) is 15.7. The summed E-state index contributed by atoms with van der Waals surface area (Å²) < 4.78 is 34.5. The topological polar surface area (TPSA) is 58.6 Å². The molecule has 0 amide bonds. The van der Waals surface area contributed by atoms with Gasteiger partial charge in [0.2, 0.25) is 10.0 Å². The maximum Gasteiger partial charge on any atom is 0.240 e. The first-order valence-corrected chi connectivity index (χ1v) is 10.9. The number of sulfonamides is 1. The Balaban J connectivity index is 1.43. The quantitative estimate of drug-likeness (QED) is 0.878. The van der Waals surface area contributed by atoms with E-state index < -0.39 is 10.0 Å². The van der Waals surface area contributed by atoms with E-state index >= 15 is 0 Å². The van der Waals surface area contributed by atoms with Crippen molar-refractivity contribution in [3.05, 3.63) is 65.2 Å². The molecule has 1 N–H and O–H groups in total. The van der Waals surface area contributed by atoms with E-state index in [4.69, 9.17) is 4.74 Å². The minimum atomic E-state index is -3.51. The zero-order valence-electron chi connectivity index (χ0n) is 15.8. The van der Waals surface area contributed by atoms with Crippen LogP contribution in [0.1, 0.15) is 29.2 Å². The molecular formula is C21H26N2O3S. The summed E-state index contributed by atoms with van der Waals surface area (Å²) in [4.78, 5) is 2.70. The van der Waals surface area contributed by atoms with Gasteiger partial charge >= 0.3 is 0 Å². The lowest BCUT2D eigenvalue weighted by Crippen LogP contribution is -2.43. The number of hydrogen-bond acceptors (Lipinski definition) is 4. The summed E-state index contributed by atoms with van der Waals surface area (Å²) in [5.41, 5.74) is 3.26. The monoisotopic (exact) mass is 386 g/mol.